The highest BCUT2D eigenvalue weighted by atomic mass is 19.3. The number of nitrogens with two attached hydrogens (primary N) is 1. The Morgan fingerprint density at radius 1 is 1.00 bits per heavy atom. The summed E-state index contributed by atoms with van der Waals surface area (Å²) in [4.78, 5) is 2.26. The Bertz CT molecular complexity index is 1070. The van der Waals surface area contributed by atoms with E-state index in [1.165, 1.54) is 22.3 Å². The van der Waals surface area contributed by atoms with E-state index in [0.29, 0.717) is 19.3 Å². The standard InChI is InChI=1S/C30H37F3N2O/c31-16-2-17-35-18-13-26(20-35)36-25-8-5-22(6-9-25)29-27(21-11-14-30(32,33)15-12-21)4-1-3-23-19-24(34)7-10-28(23)29/h5-10,19,21,26H,1-4,11-18,20,34H2/t26-/m0/s1. The van der Waals surface area contributed by atoms with Crippen molar-refractivity contribution in [2.45, 2.75) is 69.8 Å². The third-order valence-corrected chi connectivity index (χ3v) is 8.10. The Morgan fingerprint density at radius 3 is 2.53 bits per heavy atom. The summed E-state index contributed by atoms with van der Waals surface area (Å²) in [6, 6.07) is 14.4. The first-order chi connectivity index (χ1) is 17.4. The highest BCUT2D eigenvalue weighted by Gasteiger charge is 2.37. The van der Waals surface area contributed by atoms with Crippen LogP contribution in [-0.4, -0.2) is 43.2 Å². The number of anilines is 1. The van der Waals surface area contributed by atoms with Gasteiger partial charge in [0.25, 0.3) is 0 Å². The maximum atomic E-state index is 14.0. The van der Waals surface area contributed by atoms with Gasteiger partial charge in [0.05, 0.1) is 6.67 Å². The predicted molar refractivity (Wildman–Crippen MR) is 139 cm³/mol. The molecule has 2 aromatic rings. The molecule has 2 aliphatic carbocycles. The molecule has 3 aliphatic rings. The molecule has 2 N–H and O–H groups in total. The molecule has 2 fully saturated rings. The maximum absolute atomic E-state index is 14.0. The number of nitrogen functional groups attached to an aromatic ring is 1. The summed E-state index contributed by atoms with van der Waals surface area (Å²) in [6.07, 6.45) is 5.54. The molecule has 194 valence electrons. The normalized spacial score (nSPS) is 22.9. The fourth-order valence-corrected chi connectivity index (χ4v) is 6.24. The molecular formula is C30H37F3N2O. The molecule has 0 radical (unpaired) electrons. The Morgan fingerprint density at radius 2 is 1.78 bits per heavy atom. The Balaban J connectivity index is 1.41. The molecule has 5 rings (SSSR count). The molecule has 0 spiro atoms. The molecule has 3 nitrogen and oxygen atoms in total. The molecule has 1 saturated heterocycles. The second kappa shape index (κ2) is 10.9. The maximum Gasteiger partial charge on any atom is 0.248 e. The van der Waals surface area contributed by atoms with Crippen LogP contribution < -0.4 is 10.5 Å². The van der Waals surface area contributed by atoms with Crippen LogP contribution in [0.2, 0.25) is 0 Å². The zero-order valence-electron chi connectivity index (χ0n) is 21.0. The molecule has 0 amide bonds. The van der Waals surface area contributed by atoms with Crippen molar-refractivity contribution in [1.29, 1.82) is 0 Å². The summed E-state index contributed by atoms with van der Waals surface area (Å²) < 4.78 is 46.7. The molecule has 36 heavy (non-hydrogen) atoms. The number of fused-ring (bicyclic) bond motifs is 1. The largest absolute Gasteiger partial charge is 0.489 e. The first-order valence-corrected chi connectivity index (χ1v) is 13.5. The van der Waals surface area contributed by atoms with E-state index >= 15 is 0 Å². The minimum atomic E-state index is -2.53. The number of rotatable bonds is 7. The van der Waals surface area contributed by atoms with Crippen molar-refractivity contribution in [2.75, 3.05) is 32.0 Å². The highest BCUT2D eigenvalue weighted by Crippen LogP contribution is 2.46. The van der Waals surface area contributed by atoms with Crippen LogP contribution in [-0.2, 0) is 6.42 Å². The number of aryl methyl sites for hydroxylation is 1. The van der Waals surface area contributed by atoms with Crippen LogP contribution in [0.5, 0.6) is 5.75 Å². The molecule has 0 unspecified atom stereocenters. The third-order valence-electron chi connectivity index (χ3n) is 8.10. The van der Waals surface area contributed by atoms with E-state index in [4.69, 9.17) is 10.5 Å². The Kier molecular flexibility index (Phi) is 7.61. The van der Waals surface area contributed by atoms with Crippen LogP contribution >= 0.6 is 0 Å². The lowest BCUT2D eigenvalue weighted by Crippen LogP contribution is -2.26. The number of benzene rings is 2. The summed E-state index contributed by atoms with van der Waals surface area (Å²) in [5, 5.41) is 0. The lowest BCUT2D eigenvalue weighted by Gasteiger charge is -2.31. The number of allylic oxidation sites excluding steroid dienone is 1. The van der Waals surface area contributed by atoms with Gasteiger partial charge in [0.15, 0.2) is 0 Å². The molecule has 2 aromatic carbocycles. The molecule has 6 heteroatoms. The molecule has 1 atom stereocenters. The quantitative estimate of drug-likeness (QED) is 0.416. The number of hydrogen-bond donors (Lipinski definition) is 1. The fraction of sp³-hybridized carbons (Fsp3) is 0.533. The molecule has 1 saturated carbocycles. The summed E-state index contributed by atoms with van der Waals surface area (Å²) in [5.41, 5.74) is 12.9. The molecule has 0 aromatic heterocycles. The van der Waals surface area contributed by atoms with Gasteiger partial charge in [-0.25, -0.2) is 8.78 Å². The van der Waals surface area contributed by atoms with Gasteiger partial charge in [0.1, 0.15) is 11.9 Å². The zero-order valence-corrected chi connectivity index (χ0v) is 21.0. The van der Waals surface area contributed by atoms with Crippen molar-refractivity contribution in [3.8, 4) is 5.75 Å². The second-order valence-corrected chi connectivity index (χ2v) is 10.7. The fourth-order valence-electron chi connectivity index (χ4n) is 6.24. The van der Waals surface area contributed by atoms with E-state index in [2.05, 4.69) is 29.2 Å². The number of nitrogens with zero attached hydrogens (tertiary/aromatic N) is 1. The van der Waals surface area contributed by atoms with Crippen LogP contribution in [0.4, 0.5) is 18.9 Å². The van der Waals surface area contributed by atoms with Gasteiger partial charge in [0.2, 0.25) is 5.92 Å². The van der Waals surface area contributed by atoms with E-state index in [0.717, 1.165) is 62.3 Å². The summed E-state index contributed by atoms with van der Waals surface area (Å²) in [5.74, 6) is -1.51. The van der Waals surface area contributed by atoms with E-state index in [1.54, 1.807) is 0 Å². The SMILES string of the molecule is Nc1ccc2c(c1)CCCC(C1CCC(F)(F)CC1)=C2c1ccc(O[C@H]2CCN(CCCF)C2)cc1. The zero-order chi connectivity index (χ0) is 25.1. The van der Waals surface area contributed by atoms with Crippen molar-refractivity contribution in [3.05, 3.63) is 64.7 Å². The number of ether oxygens (including phenoxy) is 1. The minimum Gasteiger partial charge on any atom is -0.489 e. The third kappa shape index (κ3) is 5.74. The first kappa shape index (κ1) is 25.2. The summed E-state index contributed by atoms with van der Waals surface area (Å²) in [6.45, 7) is 2.28. The summed E-state index contributed by atoms with van der Waals surface area (Å²) >= 11 is 0. The van der Waals surface area contributed by atoms with Crippen molar-refractivity contribution in [2.24, 2.45) is 5.92 Å². The van der Waals surface area contributed by atoms with Gasteiger partial charge < -0.3 is 10.5 Å². The monoisotopic (exact) mass is 498 g/mol. The van der Waals surface area contributed by atoms with Gasteiger partial charge in [-0.3, -0.25) is 9.29 Å². The second-order valence-electron chi connectivity index (χ2n) is 10.7. The predicted octanol–water partition coefficient (Wildman–Crippen LogP) is 7.05. The van der Waals surface area contributed by atoms with Crippen LogP contribution in [0, 0.1) is 5.92 Å². The topological polar surface area (TPSA) is 38.5 Å². The number of likely N-dealkylation sites (tertiary alicyclic amines) is 1. The van der Waals surface area contributed by atoms with Gasteiger partial charge in [-0.2, -0.15) is 0 Å². The average molecular weight is 499 g/mol. The van der Waals surface area contributed by atoms with Crippen molar-refractivity contribution in [3.63, 3.8) is 0 Å². The molecular weight excluding hydrogens is 461 g/mol. The highest BCUT2D eigenvalue weighted by molar-refractivity contribution is 5.85. The van der Waals surface area contributed by atoms with Gasteiger partial charge in [-0.15, -0.1) is 0 Å². The van der Waals surface area contributed by atoms with E-state index < -0.39 is 5.92 Å². The van der Waals surface area contributed by atoms with Crippen molar-refractivity contribution in [1.82, 2.24) is 4.90 Å². The van der Waals surface area contributed by atoms with Crippen LogP contribution in [0.3, 0.4) is 0 Å². The van der Waals surface area contributed by atoms with Gasteiger partial charge in [0, 0.05) is 38.2 Å². The van der Waals surface area contributed by atoms with E-state index in [1.807, 2.05) is 18.2 Å². The van der Waals surface area contributed by atoms with Gasteiger partial charge in [-0.1, -0.05) is 23.8 Å². The van der Waals surface area contributed by atoms with Crippen LogP contribution in [0.25, 0.3) is 5.57 Å². The molecule has 1 heterocycles. The Hall–Kier alpha value is -2.47. The minimum absolute atomic E-state index is 0.0282. The smallest absolute Gasteiger partial charge is 0.248 e. The Labute approximate surface area is 212 Å². The first-order valence-electron chi connectivity index (χ1n) is 13.5. The number of halogens is 3. The van der Waals surface area contributed by atoms with Crippen molar-refractivity contribution >= 4 is 11.3 Å². The molecule has 1 aliphatic heterocycles. The summed E-state index contributed by atoms with van der Waals surface area (Å²) in [7, 11) is 0. The van der Waals surface area contributed by atoms with Gasteiger partial charge in [-0.05, 0) is 97.4 Å². The van der Waals surface area contributed by atoms with E-state index in [9.17, 15) is 13.2 Å². The van der Waals surface area contributed by atoms with Crippen molar-refractivity contribution < 1.29 is 17.9 Å². The average Bonchev–Trinajstić information content (AvgIpc) is 3.22. The lowest BCUT2D eigenvalue weighted by atomic mass is 9.77. The van der Waals surface area contributed by atoms with E-state index in [-0.39, 0.29) is 31.5 Å². The van der Waals surface area contributed by atoms with Crippen LogP contribution in [0.1, 0.15) is 68.1 Å². The lowest BCUT2D eigenvalue weighted by molar-refractivity contribution is -0.0423. The number of alkyl halides is 3. The van der Waals surface area contributed by atoms with Crippen LogP contribution in [0.15, 0.2) is 48.0 Å². The molecule has 0 bridgehead atoms. The number of hydrogen-bond acceptors (Lipinski definition) is 3. The van der Waals surface area contributed by atoms with Gasteiger partial charge >= 0.3 is 0 Å².